The standard InChI is InChI=1S/C24H18ClFN2O5S/c25-19-3-1-2-4-23(19)34(30,31)28(12-15-5-7-18(26)8-6-15)13-17-9-16-10-21-22(33-14-32-21)11-20(16)27-24(17)29/h1-11H,12-14H2,(H,27,29). The van der Waals surface area contributed by atoms with Gasteiger partial charge in [0.2, 0.25) is 16.8 Å². The number of H-pyrrole nitrogens is 1. The van der Waals surface area contributed by atoms with Crippen molar-refractivity contribution in [1.82, 2.24) is 9.29 Å². The molecule has 0 saturated heterocycles. The summed E-state index contributed by atoms with van der Waals surface area (Å²) in [7, 11) is -4.11. The lowest BCUT2D eigenvalue weighted by Gasteiger charge is -2.23. The van der Waals surface area contributed by atoms with E-state index in [4.69, 9.17) is 21.1 Å². The number of hydrogen-bond acceptors (Lipinski definition) is 5. The molecule has 0 spiro atoms. The maximum absolute atomic E-state index is 13.6. The van der Waals surface area contributed by atoms with Gasteiger partial charge in [-0.3, -0.25) is 4.79 Å². The van der Waals surface area contributed by atoms with Gasteiger partial charge in [-0.05, 0) is 42.0 Å². The highest BCUT2D eigenvalue weighted by Crippen LogP contribution is 2.35. The topological polar surface area (TPSA) is 88.7 Å². The van der Waals surface area contributed by atoms with Gasteiger partial charge in [0.1, 0.15) is 10.7 Å². The lowest BCUT2D eigenvalue weighted by Crippen LogP contribution is -2.32. The Kier molecular flexibility index (Phi) is 5.76. The number of aromatic amines is 1. The zero-order valence-corrected chi connectivity index (χ0v) is 19.2. The molecule has 1 N–H and O–H groups in total. The van der Waals surface area contributed by atoms with E-state index in [0.29, 0.717) is 28.0 Å². The first-order chi connectivity index (χ1) is 16.3. The molecule has 0 bridgehead atoms. The summed E-state index contributed by atoms with van der Waals surface area (Å²) in [6.07, 6.45) is 0. The van der Waals surface area contributed by atoms with Gasteiger partial charge in [-0.2, -0.15) is 4.31 Å². The van der Waals surface area contributed by atoms with Crippen LogP contribution in [0.3, 0.4) is 0 Å². The number of nitrogens with one attached hydrogen (secondary N) is 1. The molecule has 0 unspecified atom stereocenters. The van der Waals surface area contributed by atoms with Crippen LogP contribution in [0.25, 0.3) is 10.9 Å². The third kappa shape index (κ3) is 4.25. The summed E-state index contributed by atoms with van der Waals surface area (Å²) >= 11 is 6.19. The molecule has 0 aliphatic carbocycles. The number of halogens is 2. The van der Waals surface area contributed by atoms with Crippen LogP contribution in [0.2, 0.25) is 5.02 Å². The molecular formula is C24H18ClFN2O5S. The molecule has 10 heteroatoms. The van der Waals surface area contributed by atoms with Gasteiger partial charge in [0, 0.05) is 30.1 Å². The van der Waals surface area contributed by atoms with Gasteiger partial charge in [-0.25, -0.2) is 12.8 Å². The van der Waals surface area contributed by atoms with Crippen LogP contribution in [0.4, 0.5) is 4.39 Å². The predicted octanol–water partition coefficient (Wildman–Crippen LogP) is 4.44. The van der Waals surface area contributed by atoms with Crippen LogP contribution >= 0.6 is 11.6 Å². The zero-order valence-electron chi connectivity index (χ0n) is 17.6. The second kappa shape index (κ2) is 8.75. The zero-order chi connectivity index (χ0) is 23.9. The average molecular weight is 501 g/mol. The lowest BCUT2D eigenvalue weighted by molar-refractivity contribution is 0.174. The van der Waals surface area contributed by atoms with Crippen LogP contribution in [-0.4, -0.2) is 24.5 Å². The monoisotopic (exact) mass is 500 g/mol. The molecule has 2 heterocycles. The number of ether oxygens (including phenoxy) is 2. The van der Waals surface area contributed by atoms with Crippen molar-refractivity contribution in [1.29, 1.82) is 0 Å². The molecule has 34 heavy (non-hydrogen) atoms. The van der Waals surface area contributed by atoms with E-state index < -0.39 is 21.4 Å². The highest BCUT2D eigenvalue weighted by Gasteiger charge is 2.28. The van der Waals surface area contributed by atoms with E-state index in [9.17, 15) is 17.6 Å². The Balaban J connectivity index is 1.57. The van der Waals surface area contributed by atoms with Crippen LogP contribution in [0, 0.1) is 5.82 Å². The number of hydrogen-bond donors (Lipinski definition) is 1. The Morgan fingerprint density at radius 2 is 1.68 bits per heavy atom. The van der Waals surface area contributed by atoms with Crippen molar-refractivity contribution in [2.24, 2.45) is 0 Å². The second-order valence-electron chi connectivity index (χ2n) is 7.75. The molecule has 0 radical (unpaired) electrons. The third-order valence-electron chi connectivity index (χ3n) is 5.49. The quantitative estimate of drug-likeness (QED) is 0.423. The maximum Gasteiger partial charge on any atom is 0.252 e. The van der Waals surface area contributed by atoms with Gasteiger partial charge in [0.15, 0.2) is 11.5 Å². The summed E-state index contributed by atoms with van der Waals surface area (Å²) in [5, 5.41) is 0.725. The highest BCUT2D eigenvalue weighted by molar-refractivity contribution is 7.89. The molecule has 7 nitrogen and oxygen atoms in total. The summed E-state index contributed by atoms with van der Waals surface area (Å²) in [4.78, 5) is 15.6. The number of pyridine rings is 1. The maximum atomic E-state index is 13.6. The Morgan fingerprint density at radius 1 is 0.971 bits per heavy atom. The first-order valence-corrected chi connectivity index (χ1v) is 12.1. The lowest BCUT2D eigenvalue weighted by atomic mass is 10.1. The van der Waals surface area contributed by atoms with E-state index in [-0.39, 0.29) is 35.4 Å². The minimum Gasteiger partial charge on any atom is -0.454 e. The van der Waals surface area contributed by atoms with Gasteiger partial charge < -0.3 is 14.5 Å². The van der Waals surface area contributed by atoms with Crippen molar-refractivity contribution in [2.45, 2.75) is 18.0 Å². The van der Waals surface area contributed by atoms with E-state index >= 15 is 0 Å². The molecule has 174 valence electrons. The van der Waals surface area contributed by atoms with Crippen molar-refractivity contribution in [3.63, 3.8) is 0 Å². The molecule has 1 aliphatic rings. The first-order valence-electron chi connectivity index (χ1n) is 10.3. The minimum absolute atomic E-state index is 0.0618. The summed E-state index contributed by atoms with van der Waals surface area (Å²) in [6.45, 7) is -0.235. The van der Waals surface area contributed by atoms with Crippen LogP contribution in [0.5, 0.6) is 11.5 Å². The van der Waals surface area contributed by atoms with Crippen molar-refractivity contribution >= 4 is 32.5 Å². The van der Waals surface area contributed by atoms with E-state index in [1.165, 1.54) is 36.4 Å². The number of aromatic nitrogens is 1. The van der Waals surface area contributed by atoms with E-state index in [1.807, 2.05) is 0 Å². The van der Waals surface area contributed by atoms with Gasteiger partial charge in [0.05, 0.1) is 10.5 Å². The fraction of sp³-hybridized carbons (Fsp3) is 0.125. The van der Waals surface area contributed by atoms with Gasteiger partial charge >= 0.3 is 0 Å². The fourth-order valence-corrected chi connectivity index (χ4v) is 5.66. The smallest absolute Gasteiger partial charge is 0.252 e. The van der Waals surface area contributed by atoms with Crippen LogP contribution in [0.1, 0.15) is 11.1 Å². The van der Waals surface area contributed by atoms with Gasteiger partial charge in [-0.1, -0.05) is 35.9 Å². The summed E-state index contributed by atoms with van der Waals surface area (Å²) in [5.41, 5.74) is 0.878. The van der Waals surface area contributed by atoms with Crippen molar-refractivity contribution < 1.29 is 22.3 Å². The van der Waals surface area contributed by atoms with Crippen molar-refractivity contribution in [2.75, 3.05) is 6.79 Å². The summed E-state index contributed by atoms with van der Waals surface area (Å²) in [6, 6.07) is 16.6. The Morgan fingerprint density at radius 3 is 2.41 bits per heavy atom. The Labute approximate surface area is 199 Å². The van der Waals surface area contributed by atoms with E-state index in [0.717, 1.165) is 4.31 Å². The van der Waals surface area contributed by atoms with Crippen molar-refractivity contribution in [3.05, 3.63) is 99.1 Å². The molecule has 0 fully saturated rings. The molecule has 4 aromatic rings. The second-order valence-corrected chi connectivity index (χ2v) is 10.1. The first kappa shape index (κ1) is 22.4. The summed E-state index contributed by atoms with van der Waals surface area (Å²) in [5.74, 6) is 0.626. The molecule has 0 saturated carbocycles. The highest BCUT2D eigenvalue weighted by atomic mass is 35.5. The van der Waals surface area contributed by atoms with Crippen LogP contribution < -0.4 is 15.0 Å². The predicted molar refractivity (Wildman–Crippen MR) is 125 cm³/mol. The molecular weight excluding hydrogens is 483 g/mol. The number of nitrogens with zero attached hydrogens (tertiary/aromatic N) is 1. The summed E-state index contributed by atoms with van der Waals surface area (Å²) < 4.78 is 52.5. The molecule has 1 aliphatic heterocycles. The van der Waals surface area contributed by atoms with Crippen LogP contribution in [0.15, 0.2) is 76.4 Å². The number of sulfonamides is 1. The number of rotatable bonds is 6. The largest absolute Gasteiger partial charge is 0.454 e. The van der Waals surface area contributed by atoms with Gasteiger partial charge in [-0.15, -0.1) is 0 Å². The average Bonchev–Trinajstić information content (AvgIpc) is 3.26. The SMILES string of the molecule is O=c1[nH]c2cc3c(cc2cc1CN(Cc1ccc(F)cc1)S(=O)(=O)c1ccccc1Cl)OCO3. The molecule has 5 rings (SSSR count). The number of fused-ring (bicyclic) bond motifs is 2. The number of benzene rings is 3. The Hall–Kier alpha value is -3.40. The molecule has 1 aromatic heterocycles. The van der Waals surface area contributed by atoms with Gasteiger partial charge in [0.25, 0.3) is 5.56 Å². The molecule has 3 aromatic carbocycles. The molecule has 0 atom stereocenters. The normalized spacial score (nSPS) is 13.0. The fourth-order valence-electron chi connectivity index (χ4n) is 3.76. The molecule has 0 amide bonds. The minimum atomic E-state index is -4.11. The van der Waals surface area contributed by atoms with E-state index in [1.54, 1.807) is 30.3 Å². The Bertz CT molecular complexity index is 1550. The van der Waals surface area contributed by atoms with Crippen molar-refractivity contribution in [3.8, 4) is 11.5 Å². The van der Waals surface area contributed by atoms with Crippen LogP contribution in [-0.2, 0) is 23.1 Å². The third-order valence-corrected chi connectivity index (χ3v) is 7.78. The van der Waals surface area contributed by atoms with E-state index in [2.05, 4.69) is 4.98 Å².